The van der Waals surface area contributed by atoms with Gasteiger partial charge in [-0.05, 0) is 67.3 Å². The maximum absolute atomic E-state index is 13.0. The van der Waals surface area contributed by atoms with Gasteiger partial charge in [0.05, 0.1) is 24.8 Å². The number of rotatable bonds is 16. The third kappa shape index (κ3) is 10.4. The summed E-state index contributed by atoms with van der Waals surface area (Å²) >= 11 is 6.02. The summed E-state index contributed by atoms with van der Waals surface area (Å²) in [7, 11) is 2.82. The lowest BCUT2D eigenvalue weighted by molar-refractivity contribution is -0.154. The van der Waals surface area contributed by atoms with Gasteiger partial charge < -0.3 is 30.7 Å². The van der Waals surface area contributed by atoms with E-state index in [0.717, 1.165) is 12.7 Å². The zero-order valence-electron chi connectivity index (χ0n) is 27.8. The first-order valence-electron chi connectivity index (χ1n) is 15.8. The molecule has 0 bridgehead atoms. The van der Waals surface area contributed by atoms with Crippen molar-refractivity contribution in [2.24, 2.45) is 7.05 Å². The highest BCUT2D eigenvalue weighted by molar-refractivity contribution is 6.36. The van der Waals surface area contributed by atoms with E-state index in [9.17, 15) is 32.3 Å². The molecule has 2 aromatic carbocycles. The fraction of sp³-hybridized carbons (Fsp3) is 0.333. The Morgan fingerprint density at radius 2 is 1.67 bits per heavy atom. The van der Waals surface area contributed by atoms with Gasteiger partial charge in [0.15, 0.2) is 6.61 Å². The predicted molar refractivity (Wildman–Crippen MR) is 180 cm³/mol. The summed E-state index contributed by atoms with van der Waals surface area (Å²) in [6.45, 7) is -1.74. The number of nitrogens with one attached hydrogen (secondary N) is 4. The quantitative estimate of drug-likeness (QED) is 0.0965. The van der Waals surface area contributed by atoms with Gasteiger partial charge in [-0.15, -0.1) is 0 Å². The number of carbonyl (C=O) groups excluding carboxylic acids is 4. The van der Waals surface area contributed by atoms with Crippen LogP contribution in [0.25, 0.3) is 0 Å². The Balaban J connectivity index is 1.21. The van der Waals surface area contributed by atoms with Crippen molar-refractivity contribution in [1.29, 1.82) is 0 Å². The monoisotopic (exact) mass is 743 g/mol. The van der Waals surface area contributed by atoms with Gasteiger partial charge in [0.1, 0.15) is 6.04 Å². The highest BCUT2D eigenvalue weighted by Crippen LogP contribution is 2.48. The van der Waals surface area contributed by atoms with Crippen LogP contribution in [-0.4, -0.2) is 80.8 Å². The molecule has 2 amide bonds. The molecule has 1 aliphatic carbocycles. The SMILES string of the molecule is COC(=O)[C@H](CCNC(=O)C(=O)Cc1ccn(C)n1)NC(=O)c1ccc(Nc2nc(NC3(c4ccc(Cl)cc4)CC3)nc(OCC(F)(F)F)n2)cc1. The zero-order chi connectivity index (χ0) is 37.5. The van der Waals surface area contributed by atoms with E-state index in [1.54, 1.807) is 31.4 Å². The number of esters is 1. The van der Waals surface area contributed by atoms with E-state index < -0.39 is 53.9 Å². The first-order chi connectivity index (χ1) is 24.7. The number of methoxy groups -OCH3 is 1. The van der Waals surface area contributed by atoms with Crippen molar-refractivity contribution < 1.29 is 41.8 Å². The van der Waals surface area contributed by atoms with Crippen LogP contribution >= 0.6 is 11.6 Å². The molecule has 4 N–H and O–H groups in total. The summed E-state index contributed by atoms with van der Waals surface area (Å²) < 4.78 is 49.9. The number of nitrogens with zero attached hydrogens (tertiary/aromatic N) is 5. The number of amides is 2. The molecule has 2 aromatic heterocycles. The molecule has 0 saturated heterocycles. The molecule has 0 unspecified atom stereocenters. The molecule has 52 heavy (non-hydrogen) atoms. The Morgan fingerprint density at radius 1 is 0.981 bits per heavy atom. The van der Waals surface area contributed by atoms with E-state index in [1.807, 2.05) is 12.1 Å². The molecule has 2 heterocycles. The number of alkyl halides is 3. The van der Waals surface area contributed by atoms with Crippen LogP contribution in [-0.2, 0) is 38.1 Å². The molecule has 1 atom stereocenters. The van der Waals surface area contributed by atoms with Crippen LogP contribution in [0.15, 0.2) is 60.8 Å². The first-order valence-corrected chi connectivity index (χ1v) is 16.1. The molecule has 1 aliphatic rings. The molecule has 19 heteroatoms. The highest BCUT2D eigenvalue weighted by Gasteiger charge is 2.45. The summed E-state index contributed by atoms with van der Waals surface area (Å²) in [6.07, 6.45) is -1.84. The van der Waals surface area contributed by atoms with Crippen LogP contribution < -0.4 is 26.0 Å². The van der Waals surface area contributed by atoms with E-state index in [-0.39, 0.29) is 36.8 Å². The third-order valence-corrected chi connectivity index (χ3v) is 8.01. The molecule has 4 aromatic rings. The van der Waals surface area contributed by atoms with Crippen LogP contribution in [0.3, 0.4) is 0 Å². The van der Waals surface area contributed by atoms with Gasteiger partial charge in [0.2, 0.25) is 17.7 Å². The van der Waals surface area contributed by atoms with E-state index in [1.165, 1.54) is 28.9 Å². The third-order valence-electron chi connectivity index (χ3n) is 7.75. The number of ketones is 1. The largest absolute Gasteiger partial charge is 0.467 e. The van der Waals surface area contributed by atoms with Crippen LogP contribution in [0.5, 0.6) is 6.01 Å². The molecular weight excluding hydrogens is 711 g/mol. The second-order valence-corrected chi connectivity index (χ2v) is 12.2. The second-order valence-electron chi connectivity index (χ2n) is 11.8. The van der Waals surface area contributed by atoms with E-state index in [0.29, 0.717) is 29.2 Å². The number of carbonyl (C=O) groups is 4. The predicted octanol–water partition coefficient (Wildman–Crippen LogP) is 3.63. The van der Waals surface area contributed by atoms with Crippen molar-refractivity contribution in [2.45, 2.75) is 43.4 Å². The Kier molecular flexibility index (Phi) is 11.6. The van der Waals surface area contributed by atoms with Crippen molar-refractivity contribution >= 4 is 52.8 Å². The Hall–Kier alpha value is -5.78. The van der Waals surface area contributed by atoms with E-state index in [4.69, 9.17) is 21.1 Å². The summed E-state index contributed by atoms with van der Waals surface area (Å²) in [5.74, 6) is -3.16. The smallest absolute Gasteiger partial charge is 0.422 e. The Labute approximate surface area is 299 Å². The van der Waals surface area contributed by atoms with Crippen molar-refractivity contribution in [3.63, 3.8) is 0 Å². The van der Waals surface area contributed by atoms with Crippen molar-refractivity contribution in [3.8, 4) is 6.01 Å². The normalized spacial score (nSPS) is 13.7. The number of hydrogen-bond acceptors (Lipinski definition) is 12. The minimum absolute atomic E-state index is 0.0271. The van der Waals surface area contributed by atoms with Gasteiger partial charge >= 0.3 is 18.2 Å². The minimum atomic E-state index is -4.63. The summed E-state index contributed by atoms with van der Waals surface area (Å²) in [5.41, 5.74) is 1.26. The topological polar surface area (TPSA) is 191 Å². The number of aromatic nitrogens is 5. The standard InChI is InChI=1S/C33H33ClF3N9O6/c1-46-16-12-23(45-46)17-25(47)27(49)38-15-11-24(28(50)51-2)40-26(48)19-3-9-22(10-4-19)39-29-41-30(43-31(42-29)52-18-33(35,36)37)44-32(13-14-32)20-5-7-21(34)8-6-20/h3-10,12,16,24H,11,13-15,17-18H2,1-2H3,(H,38,49)(H,40,48)(H2,39,41,42,43,44)/t24-/m0/s1. The summed E-state index contributed by atoms with van der Waals surface area (Å²) in [5, 5.41) is 15.6. The van der Waals surface area contributed by atoms with E-state index in [2.05, 4.69) is 41.3 Å². The minimum Gasteiger partial charge on any atom is -0.467 e. The van der Waals surface area contributed by atoms with Gasteiger partial charge in [-0.1, -0.05) is 23.7 Å². The van der Waals surface area contributed by atoms with Crippen molar-refractivity contribution in [2.75, 3.05) is 30.9 Å². The number of benzene rings is 2. The lowest BCUT2D eigenvalue weighted by Crippen LogP contribution is -2.44. The van der Waals surface area contributed by atoms with Gasteiger partial charge in [0.25, 0.3) is 11.8 Å². The number of Topliss-reactive ketones (excluding diaryl/α,β-unsaturated/α-hetero) is 1. The molecule has 5 rings (SSSR count). The summed E-state index contributed by atoms with van der Waals surface area (Å²) in [4.78, 5) is 62.2. The van der Waals surface area contributed by atoms with Crippen LogP contribution in [0.2, 0.25) is 5.02 Å². The molecule has 1 saturated carbocycles. The first kappa shape index (κ1) is 37.5. The molecule has 0 radical (unpaired) electrons. The van der Waals surface area contributed by atoms with Crippen LogP contribution in [0, 0.1) is 0 Å². The lowest BCUT2D eigenvalue weighted by Gasteiger charge is -2.19. The average molecular weight is 744 g/mol. The number of hydrogen-bond donors (Lipinski definition) is 4. The number of anilines is 3. The van der Waals surface area contributed by atoms with Gasteiger partial charge in [-0.2, -0.15) is 33.2 Å². The van der Waals surface area contributed by atoms with Crippen molar-refractivity contribution in [1.82, 2.24) is 35.4 Å². The molecular formula is C33H33ClF3N9O6. The fourth-order valence-electron chi connectivity index (χ4n) is 4.97. The van der Waals surface area contributed by atoms with Gasteiger partial charge in [0, 0.05) is 36.1 Å². The summed E-state index contributed by atoms with van der Waals surface area (Å²) in [6, 6.07) is 12.8. The molecule has 0 spiro atoms. The highest BCUT2D eigenvalue weighted by atomic mass is 35.5. The number of aryl methyl sites for hydroxylation is 1. The van der Waals surface area contributed by atoms with Gasteiger partial charge in [-0.25, -0.2) is 4.79 Å². The van der Waals surface area contributed by atoms with Crippen LogP contribution in [0.4, 0.5) is 30.8 Å². The number of ether oxygens (including phenoxy) is 2. The fourth-order valence-corrected chi connectivity index (χ4v) is 5.10. The maximum Gasteiger partial charge on any atom is 0.422 e. The van der Waals surface area contributed by atoms with Crippen molar-refractivity contribution in [3.05, 3.63) is 82.6 Å². The molecule has 15 nitrogen and oxygen atoms in total. The molecule has 1 fully saturated rings. The second kappa shape index (κ2) is 16.1. The Bertz CT molecular complexity index is 1920. The van der Waals surface area contributed by atoms with Gasteiger partial charge in [-0.3, -0.25) is 19.1 Å². The average Bonchev–Trinajstić information content (AvgIpc) is 3.77. The zero-order valence-corrected chi connectivity index (χ0v) is 28.5. The van der Waals surface area contributed by atoms with E-state index >= 15 is 0 Å². The molecule has 0 aliphatic heterocycles. The number of halogens is 4. The van der Waals surface area contributed by atoms with Crippen LogP contribution in [0.1, 0.15) is 40.9 Å². The Morgan fingerprint density at radius 3 is 2.29 bits per heavy atom. The maximum atomic E-state index is 13.0. The molecule has 274 valence electrons. The lowest BCUT2D eigenvalue weighted by atomic mass is 10.1.